The lowest BCUT2D eigenvalue weighted by molar-refractivity contribution is 0.0692. The van der Waals surface area contributed by atoms with Crippen molar-refractivity contribution in [2.24, 2.45) is 5.92 Å². The number of carboxylic acid groups (broad SMARTS) is 1. The topological polar surface area (TPSA) is 69.6 Å². The molecule has 17 heavy (non-hydrogen) atoms. The zero-order chi connectivity index (χ0) is 12.8. The van der Waals surface area contributed by atoms with Crippen LogP contribution in [-0.4, -0.2) is 29.3 Å². The van der Waals surface area contributed by atoms with Gasteiger partial charge in [0.2, 0.25) is 0 Å². The number of aliphatic hydroxyl groups is 1. The highest BCUT2D eigenvalue weighted by molar-refractivity contribution is 5.88. The number of hydrogen-bond donors (Lipinski definition) is 3. The van der Waals surface area contributed by atoms with Gasteiger partial charge in [-0.1, -0.05) is 6.92 Å². The van der Waals surface area contributed by atoms with Gasteiger partial charge in [0, 0.05) is 18.8 Å². The molecule has 1 rings (SSSR count). The number of aromatic carboxylic acids is 1. The molecule has 0 aliphatic heterocycles. The molecule has 1 aromatic rings. The van der Waals surface area contributed by atoms with Crippen LogP contribution in [0.25, 0.3) is 0 Å². The number of aliphatic hydroxyl groups excluding tert-OH is 1. The molecule has 1 atom stereocenters. The number of halogens is 1. The van der Waals surface area contributed by atoms with Crippen LogP contribution in [0, 0.1) is 11.7 Å². The average Bonchev–Trinajstić information content (AvgIpc) is 2.26. The molecule has 1 aromatic carbocycles. The first-order valence-electron chi connectivity index (χ1n) is 5.42. The Balaban J connectivity index is 2.62. The Morgan fingerprint density at radius 3 is 2.76 bits per heavy atom. The monoisotopic (exact) mass is 241 g/mol. The summed E-state index contributed by atoms with van der Waals surface area (Å²) >= 11 is 0. The lowest BCUT2D eigenvalue weighted by atomic mass is 10.1. The van der Waals surface area contributed by atoms with Crippen molar-refractivity contribution in [1.29, 1.82) is 0 Å². The summed E-state index contributed by atoms with van der Waals surface area (Å²) in [5.41, 5.74) is 0.205. The Hall–Kier alpha value is -1.62. The summed E-state index contributed by atoms with van der Waals surface area (Å²) in [7, 11) is 0. The van der Waals surface area contributed by atoms with Gasteiger partial charge in [-0.3, -0.25) is 0 Å². The SMILES string of the molecule is CC(CCO)CNc1ccc(C(=O)O)c(F)c1. The minimum absolute atomic E-state index is 0.120. The largest absolute Gasteiger partial charge is 0.478 e. The van der Waals surface area contributed by atoms with Crippen molar-refractivity contribution in [3.8, 4) is 0 Å². The van der Waals surface area contributed by atoms with Crippen LogP contribution in [-0.2, 0) is 0 Å². The van der Waals surface area contributed by atoms with Crippen LogP contribution in [0.2, 0.25) is 0 Å². The second kappa shape index (κ2) is 6.20. The number of anilines is 1. The van der Waals surface area contributed by atoms with E-state index in [1.165, 1.54) is 12.1 Å². The summed E-state index contributed by atoms with van der Waals surface area (Å²) in [5, 5.41) is 20.4. The summed E-state index contributed by atoms with van der Waals surface area (Å²) in [6.07, 6.45) is 0.669. The molecule has 0 heterocycles. The van der Waals surface area contributed by atoms with Gasteiger partial charge in [-0.25, -0.2) is 9.18 Å². The number of carbonyl (C=O) groups is 1. The van der Waals surface area contributed by atoms with Crippen molar-refractivity contribution in [1.82, 2.24) is 0 Å². The van der Waals surface area contributed by atoms with E-state index in [0.717, 1.165) is 6.07 Å². The van der Waals surface area contributed by atoms with Crippen LogP contribution in [0.5, 0.6) is 0 Å². The molecule has 0 bridgehead atoms. The molecule has 0 radical (unpaired) electrons. The number of carboxylic acids is 1. The highest BCUT2D eigenvalue weighted by atomic mass is 19.1. The van der Waals surface area contributed by atoms with Gasteiger partial charge in [0.25, 0.3) is 0 Å². The fraction of sp³-hybridized carbons (Fsp3) is 0.417. The molecule has 0 aliphatic carbocycles. The van der Waals surface area contributed by atoms with Crippen molar-refractivity contribution in [3.63, 3.8) is 0 Å². The van der Waals surface area contributed by atoms with Gasteiger partial charge in [0.15, 0.2) is 0 Å². The van der Waals surface area contributed by atoms with Gasteiger partial charge in [0.1, 0.15) is 5.82 Å². The lowest BCUT2D eigenvalue weighted by Crippen LogP contribution is -2.13. The third-order valence-corrected chi connectivity index (χ3v) is 2.48. The molecular formula is C12H16FNO3. The van der Waals surface area contributed by atoms with E-state index in [4.69, 9.17) is 10.2 Å². The molecule has 3 N–H and O–H groups in total. The van der Waals surface area contributed by atoms with Gasteiger partial charge in [-0.05, 0) is 30.5 Å². The van der Waals surface area contributed by atoms with E-state index in [1.807, 2.05) is 6.92 Å². The molecular weight excluding hydrogens is 225 g/mol. The Kier molecular flexibility index (Phi) is 4.90. The Labute approximate surface area is 99.1 Å². The minimum atomic E-state index is -1.28. The van der Waals surface area contributed by atoms with Gasteiger partial charge in [-0.15, -0.1) is 0 Å². The Bertz CT molecular complexity index is 395. The molecule has 1 unspecified atom stereocenters. The number of hydrogen-bond acceptors (Lipinski definition) is 3. The molecule has 5 heteroatoms. The lowest BCUT2D eigenvalue weighted by Gasteiger charge is -2.12. The molecule has 0 aliphatic rings. The van der Waals surface area contributed by atoms with Crippen LogP contribution in [0.3, 0.4) is 0 Å². The molecule has 0 fully saturated rings. The smallest absolute Gasteiger partial charge is 0.338 e. The third kappa shape index (κ3) is 4.03. The van der Waals surface area contributed by atoms with Gasteiger partial charge >= 0.3 is 5.97 Å². The maximum Gasteiger partial charge on any atom is 0.338 e. The molecule has 0 saturated carbocycles. The van der Waals surface area contributed by atoms with Gasteiger partial charge in [0.05, 0.1) is 5.56 Å². The molecule has 0 aromatic heterocycles. The fourth-order valence-electron chi connectivity index (χ4n) is 1.41. The van der Waals surface area contributed by atoms with E-state index >= 15 is 0 Å². The third-order valence-electron chi connectivity index (χ3n) is 2.48. The first-order valence-corrected chi connectivity index (χ1v) is 5.42. The first-order chi connectivity index (χ1) is 8.04. The summed E-state index contributed by atoms with van der Waals surface area (Å²) in [6, 6.07) is 3.92. The zero-order valence-electron chi connectivity index (χ0n) is 9.61. The molecule has 0 spiro atoms. The number of benzene rings is 1. The maximum absolute atomic E-state index is 13.3. The van der Waals surface area contributed by atoms with Crippen molar-refractivity contribution >= 4 is 11.7 Å². The van der Waals surface area contributed by atoms with Crippen molar-refractivity contribution in [2.45, 2.75) is 13.3 Å². The first kappa shape index (κ1) is 13.4. The summed E-state index contributed by atoms with van der Waals surface area (Å²) in [4.78, 5) is 10.6. The summed E-state index contributed by atoms with van der Waals surface area (Å²) < 4.78 is 13.3. The van der Waals surface area contributed by atoms with Crippen LogP contribution in [0.4, 0.5) is 10.1 Å². The minimum Gasteiger partial charge on any atom is -0.478 e. The Morgan fingerprint density at radius 2 is 2.24 bits per heavy atom. The molecule has 0 amide bonds. The quantitative estimate of drug-likeness (QED) is 0.712. The van der Waals surface area contributed by atoms with E-state index in [2.05, 4.69) is 5.32 Å². The highest BCUT2D eigenvalue weighted by Gasteiger charge is 2.10. The highest BCUT2D eigenvalue weighted by Crippen LogP contribution is 2.15. The standard InChI is InChI=1S/C12H16FNO3/c1-8(4-5-15)7-14-9-2-3-10(12(16)17)11(13)6-9/h2-3,6,8,14-15H,4-5,7H2,1H3,(H,16,17). The van der Waals surface area contributed by atoms with E-state index in [-0.39, 0.29) is 18.1 Å². The number of nitrogens with one attached hydrogen (secondary N) is 1. The fourth-order valence-corrected chi connectivity index (χ4v) is 1.41. The normalized spacial score (nSPS) is 12.2. The van der Waals surface area contributed by atoms with Gasteiger partial charge in [-0.2, -0.15) is 0 Å². The molecule has 4 nitrogen and oxygen atoms in total. The van der Waals surface area contributed by atoms with E-state index < -0.39 is 11.8 Å². The van der Waals surface area contributed by atoms with E-state index in [0.29, 0.717) is 18.7 Å². The molecule has 94 valence electrons. The predicted molar refractivity (Wildman–Crippen MR) is 62.7 cm³/mol. The van der Waals surface area contributed by atoms with E-state index in [1.54, 1.807) is 0 Å². The van der Waals surface area contributed by atoms with Crippen LogP contribution < -0.4 is 5.32 Å². The predicted octanol–water partition coefficient (Wildman–Crippen LogP) is 1.95. The van der Waals surface area contributed by atoms with Crippen molar-refractivity contribution < 1.29 is 19.4 Å². The van der Waals surface area contributed by atoms with Crippen molar-refractivity contribution in [3.05, 3.63) is 29.6 Å². The zero-order valence-corrected chi connectivity index (χ0v) is 9.61. The molecule has 0 saturated heterocycles. The average molecular weight is 241 g/mol. The summed E-state index contributed by atoms with van der Waals surface area (Å²) in [5.74, 6) is -1.76. The second-order valence-electron chi connectivity index (χ2n) is 4.00. The second-order valence-corrected chi connectivity index (χ2v) is 4.00. The van der Waals surface area contributed by atoms with Crippen LogP contribution in [0.1, 0.15) is 23.7 Å². The van der Waals surface area contributed by atoms with Crippen LogP contribution in [0.15, 0.2) is 18.2 Å². The summed E-state index contributed by atoms with van der Waals surface area (Å²) in [6.45, 7) is 2.69. The van der Waals surface area contributed by atoms with E-state index in [9.17, 15) is 9.18 Å². The maximum atomic E-state index is 13.3. The Morgan fingerprint density at radius 1 is 1.53 bits per heavy atom. The van der Waals surface area contributed by atoms with Crippen molar-refractivity contribution in [2.75, 3.05) is 18.5 Å². The van der Waals surface area contributed by atoms with Crippen LogP contribution >= 0.6 is 0 Å². The number of rotatable bonds is 6. The van der Waals surface area contributed by atoms with Gasteiger partial charge < -0.3 is 15.5 Å².